The minimum absolute atomic E-state index is 0. The molecule has 1 fully saturated rings. The van der Waals surface area contributed by atoms with Gasteiger partial charge in [-0.15, -0.1) is 35.3 Å². The molecule has 0 amide bonds. The van der Waals surface area contributed by atoms with E-state index in [1.165, 1.54) is 0 Å². The van der Waals surface area contributed by atoms with Gasteiger partial charge in [0.15, 0.2) is 5.96 Å². The van der Waals surface area contributed by atoms with Gasteiger partial charge in [-0.3, -0.25) is 4.99 Å². The molecule has 0 bridgehead atoms. The lowest BCUT2D eigenvalue weighted by Gasteiger charge is -2.22. The third-order valence-electron chi connectivity index (χ3n) is 3.93. The number of hydrogen-bond donors (Lipinski definition) is 2. The number of halogens is 1. The molecule has 144 valence electrons. The van der Waals surface area contributed by atoms with Crippen molar-refractivity contribution < 1.29 is 9.47 Å². The molecule has 1 saturated heterocycles. The lowest BCUT2D eigenvalue weighted by atomic mass is 10.1. The largest absolute Gasteiger partial charge is 0.381 e. The maximum absolute atomic E-state index is 5.86. The van der Waals surface area contributed by atoms with Crippen LogP contribution in [0.25, 0.3) is 0 Å². The summed E-state index contributed by atoms with van der Waals surface area (Å²) >= 11 is 1.69. The molecule has 0 radical (unpaired) electrons. The van der Waals surface area contributed by atoms with E-state index in [1.807, 2.05) is 0 Å². The molecule has 2 heterocycles. The lowest BCUT2D eigenvalue weighted by Crippen LogP contribution is -2.37. The van der Waals surface area contributed by atoms with Gasteiger partial charge in [0.2, 0.25) is 0 Å². The zero-order valence-electron chi connectivity index (χ0n) is 15.4. The molecule has 2 N–H and O–H groups in total. The van der Waals surface area contributed by atoms with Crippen LogP contribution >= 0.6 is 35.3 Å². The van der Waals surface area contributed by atoms with Crippen molar-refractivity contribution in [2.75, 3.05) is 33.4 Å². The minimum Gasteiger partial charge on any atom is -0.381 e. The summed E-state index contributed by atoms with van der Waals surface area (Å²) in [5, 5.41) is 9.84. The quantitative estimate of drug-likeness (QED) is 0.258. The Labute approximate surface area is 172 Å². The molecule has 0 spiro atoms. The number of ether oxygens (including phenoxy) is 2. The molecule has 0 unspecified atom stereocenters. The molecule has 8 heteroatoms. The third kappa shape index (κ3) is 8.65. The molecule has 0 saturated carbocycles. The highest BCUT2D eigenvalue weighted by molar-refractivity contribution is 14.0. The van der Waals surface area contributed by atoms with E-state index in [-0.39, 0.29) is 24.0 Å². The van der Waals surface area contributed by atoms with E-state index in [1.54, 1.807) is 18.4 Å². The summed E-state index contributed by atoms with van der Waals surface area (Å²) in [5.41, 5.74) is 1.16. The highest BCUT2D eigenvalue weighted by Crippen LogP contribution is 2.17. The maximum Gasteiger partial charge on any atom is 0.191 e. The van der Waals surface area contributed by atoms with Crippen LogP contribution in [0.3, 0.4) is 0 Å². The predicted molar refractivity (Wildman–Crippen MR) is 114 cm³/mol. The summed E-state index contributed by atoms with van der Waals surface area (Å²) < 4.78 is 11.2. The van der Waals surface area contributed by atoms with E-state index in [0.717, 1.165) is 62.3 Å². The average Bonchev–Trinajstić information content (AvgIpc) is 3.07. The molecule has 1 aliphatic rings. The first-order valence-electron chi connectivity index (χ1n) is 8.77. The van der Waals surface area contributed by atoms with Gasteiger partial charge < -0.3 is 20.1 Å². The number of hydrogen-bond acceptors (Lipinski definition) is 5. The SMILES string of the molecule is CN=C(NCCCOC1CCOCC1)NCc1nc(C(C)C)cs1.I. The van der Waals surface area contributed by atoms with E-state index in [9.17, 15) is 0 Å². The Bertz CT molecular complexity index is 505. The van der Waals surface area contributed by atoms with E-state index in [0.29, 0.717) is 18.6 Å². The molecule has 0 aromatic carbocycles. The van der Waals surface area contributed by atoms with Crippen LogP contribution in [0, 0.1) is 0 Å². The normalized spacial score (nSPS) is 15.9. The van der Waals surface area contributed by atoms with Gasteiger partial charge >= 0.3 is 0 Å². The molecular formula is C17H31IN4O2S. The first kappa shape index (κ1) is 22.6. The Morgan fingerprint density at radius 1 is 1.40 bits per heavy atom. The Morgan fingerprint density at radius 2 is 2.16 bits per heavy atom. The topological polar surface area (TPSA) is 67.8 Å². The Morgan fingerprint density at radius 3 is 2.80 bits per heavy atom. The summed E-state index contributed by atoms with van der Waals surface area (Å²) in [6.45, 7) is 8.31. The first-order chi connectivity index (χ1) is 11.7. The molecule has 6 nitrogen and oxygen atoms in total. The fraction of sp³-hybridized carbons (Fsp3) is 0.765. The summed E-state index contributed by atoms with van der Waals surface area (Å²) in [6.07, 6.45) is 3.37. The summed E-state index contributed by atoms with van der Waals surface area (Å²) in [4.78, 5) is 8.87. The van der Waals surface area contributed by atoms with Gasteiger partial charge in [-0.25, -0.2) is 4.98 Å². The number of guanidine groups is 1. The van der Waals surface area contributed by atoms with Crippen LogP contribution < -0.4 is 10.6 Å². The smallest absolute Gasteiger partial charge is 0.191 e. The van der Waals surface area contributed by atoms with Crippen molar-refractivity contribution >= 4 is 41.3 Å². The molecule has 0 atom stereocenters. The predicted octanol–water partition coefficient (Wildman–Crippen LogP) is 3.14. The summed E-state index contributed by atoms with van der Waals surface area (Å²) in [7, 11) is 1.79. The van der Waals surface area contributed by atoms with Gasteiger partial charge in [-0.1, -0.05) is 13.8 Å². The van der Waals surface area contributed by atoms with Gasteiger partial charge in [0.1, 0.15) is 5.01 Å². The van der Waals surface area contributed by atoms with Gasteiger partial charge in [0.05, 0.1) is 18.3 Å². The molecule has 2 rings (SSSR count). The lowest BCUT2D eigenvalue weighted by molar-refractivity contribution is -0.0320. The number of nitrogens with one attached hydrogen (secondary N) is 2. The number of rotatable bonds is 8. The fourth-order valence-electron chi connectivity index (χ4n) is 2.42. The second kappa shape index (κ2) is 12.8. The zero-order valence-corrected chi connectivity index (χ0v) is 18.6. The number of aromatic nitrogens is 1. The summed E-state index contributed by atoms with van der Waals surface area (Å²) in [5.74, 6) is 1.28. The monoisotopic (exact) mass is 482 g/mol. The molecule has 0 aliphatic carbocycles. The Kier molecular flexibility index (Phi) is 11.6. The van der Waals surface area contributed by atoms with Crippen molar-refractivity contribution in [2.24, 2.45) is 4.99 Å². The van der Waals surface area contributed by atoms with Gasteiger partial charge in [0, 0.05) is 38.8 Å². The van der Waals surface area contributed by atoms with Crippen LogP contribution in [-0.2, 0) is 16.0 Å². The van der Waals surface area contributed by atoms with E-state index < -0.39 is 0 Å². The Balaban J connectivity index is 0.00000312. The van der Waals surface area contributed by atoms with E-state index >= 15 is 0 Å². The van der Waals surface area contributed by atoms with Crippen molar-refractivity contribution in [3.8, 4) is 0 Å². The van der Waals surface area contributed by atoms with Gasteiger partial charge in [0.25, 0.3) is 0 Å². The van der Waals surface area contributed by atoms with Crippen molar-refractivity contribution in [3.63, 3.8) is 0 Å². The van der Waals surface area contributed by atoms with Gasteiger partial charge in [-0.05, 0) is 25.2 Å². The highest BCUT2D eigenvalue weighted by Gasteiger charge is 2.13. The minimum atomic E-state index is 0. The van der Waals surface area contributed by atoms with Crippen molar-refractivity contribution in [1.82, 2.24) is 15.6 Å². The second-order valence-electron chi connectivity index (χ2n) is 6.21. The average molecular weight is 482 g/mol. The molecule has 1 aromatic heterocycles. The van der Waals surface area contributed by atoms with E-state index in [2.05, 4.69) is 39.8 Å². The van der Waals surface area contributed by atoms with Crippen molar-refractivity contribution in [1.29, 1.82) is 0 Å². The molecule has 1 aliphatic heterocycles. The van der Waals surface area contributed by atoms with Crippen molar-refractivity contribution in [2.45, 2.75) is 51.7 Å². The van der Waals surface area contributed by atoms with Crippen LogP contribution in [-0.4, -0.2) is 50.5 Å². The third-order valence-corrected chi connectivity index (χ3v) is 4.79. The van der Waals surface area contributed by atoms with Crippen LogP contribution in [0.5, 0.6) is 0 Å². The number of nitrogens with zero attached hydrogens (tertiary/aromatic N) is 2. The van der Waals surface area contributed by atoms with Crippen molar-refractivity contribution in [3.05, 3.63) is 16.1 Å². The van der Waals surface area contributed by atoms with Crippen LogP contribution in [0.2, 0.25) is 0 Å². The van der Waals surface area contributed by atoms with E-state index in [4.69, 9.17) is 9.47 Å². The molecule has 1 aromatic rings. The zero-order chi connectivity index (χ0) is 17.2. The van der Waals surface area contributed by atoms with Gasteiger partial charge in [-0.2, -0.15) is 0 Å². The van der Waals surface area contributed by atoms with Crippen LogP contribution in [0.4, 0.5) is 0 Å². The molecule has 25 heavy (non-hydrogen) atoms. The first-order valence-corrected chi connectivity index (χ1v) is 9.65. The van der Waals surface area contributed by atoms with Crippen LogP contribution in [0.15, 0.2) is 10.4 Å². The maximum atomic E-state index is 5.86. The standard InChI is InChI=1S/C17H30N4O2S.HI/c1-13(2)15-12-24-16(21-15)11-20-17(18-3)19-7-4-8-23-14-5-9-22-10-6-14;/h12-14H,4-11H2,1-3H3,(H2,18,19,20);1H. The molecular weight excluding hydrogens is 451 g/mol. The summed E-state index contributed by atoms with van der Waals surface area (Å²) in [6, 6.07) is 0. The fourth-order valence-corrected chi connectivity index (χ4v) is 3.32. The second-order valence-corrected chi connectivity index (χ2v) is 7.15. The number of thiazole rings is 1. The van der Waals surface area contributed by atoms with Crippen LogP contribution in [0.1, 0.15) is 49.7 Å². The number of aliphatic imine (C=N–C) groups is 1. The highest BCUT2D eigenvalue weighted by atomic mass is 127. The Hall–Kier alpha value is -0.450.